The van der Waals surface area contributed by atoms with Crippen LogP contribution >= 0.6 is 46.6 Å². The number of nitrogens with one attached hydrogen (secondary N) is 1. The molecule has 0 radical (unpaired) electrons. The highest BCUT2D eigenvalue weighted by atomic mass is 35.5. The van der Waals surface area contributed by atoms with E-state index in [9.17, 15) is 9.59 Å². The molecule has 0 heterocycles. The molecule has 1 atom stereocenters. The second-order valence-electron chi connectivity index (χ2n) is 9.19. The molecular weight excluding hydrogens is 547 g/mol. The smallest absolute Gasteiger partial charge is 0.243 e. The van der Waals surface area contributed by atoms with Crippen molar-refractivity contribution in [3.8, 4) is 0 Å². The van der Waals surface area contributed by atoms with Gasteiger partial charge in [-0.2, -0.15) is 0 Å². The molecule has 0 fully saturated rings. The van der Waals surface area contributed by atoms with Gasteiger partial charge in [-0.3, -0.25) is 9.59 Å². The van der Waals surface area contributed by atoms with Crippen LogP contribution in [0, 0.1) is 5.92 Å². The summed E-state index contributed by atoms with van der Waals surface area (Å²) < 4.78 is 0. The lowest BCUT2D eigenvalue weighted by atomic mass is 10.0. The SMILES string of the molecule is CC(C)CNC(=O)[C@@H](Cc1ccccc1)N(Cc1ccccc1Cl)C(=O)CSCc1ccc(Cl)cc1Cl. The first-order valence-electron chi connectivity index (χ1n) is 12.1. The lowest BCUT2D eigenvalue weighted by molar-refractivity contribution is -0.139. The van der Waals surface area contributed by atoms with Crippen LogP contribution in [-0.4, -0.2) is 35.1 Å². The van der Waals surface area contributed by atoms with Crippen molar-refractivity contribution in [2.45, 2.75) is 38.6 Å². The first-order valence-corrected chi connectivity index (χ1v) is 14.4. The predicted octanol–water partition coefficient (Wildman–Crippen LogP) is 7.29. The zero-order chi connectivity index (χ0) is 26.8. The van der Waals surface area contributed by atoms with Crippen molar-refractivity contribution < 1.29 is 9.59 Å². The second kappa shape index (κ2) is 14.7. The van der Waals surface area contributed by atoms with Gasteiger partial charge in [-0.05, 0) is 40.8 Å². The van der Waals surface area contributed by atoms with Crippen molar-refractivity contribution in [1.82, 2.24) is 10.2 Å². The Morgan fingerprint density at radius 1 is 0.892 bits per heavy atom. The minimum atomic E-state index is -0.690. The van der Waals surface area contributed by atoms with Crippen LogP contribution in [0.15, 0.2) is 72.8 Å². The fraction of sp³-hybridized carbons (Fsp3) is 0.310. The number of carbonyl (C=O) groups is 2. The zero-order valence-electron chi connectivity index (χ0n) is 20.9. The normalized spacial score (nSPS) is 11.8. The van der Waals surface area contributed by atoms with Crippen molar-refractivity contribution in [2.75, 3.05) is 12.3 Å². The largest absolute Gasteiger partial charge is 0.354 e. The van der Waals surface area contributed by atoms with E-state index in [-0.39, 0.29) is 30.0 Å². The molecule has 1 N–H and O–H groups in total. The third-order valence-electron chi connectivity index (χ3n) is 5.75. The number of nitrogens with zero attached hydrogens (tertiary/aromatic N) is 1. The molecule has 0 aliphatic carbocycles. The number of amides is 2. The number of thioether (sulfide) groups is 1. The molecule has 3 aromatic carbocycles. The Balaban J connectivity index is 1.86. The maximum atomic E-state index is 13.7. The van der Waals surface area contributed by atoms with Crippen LogP contribution < -0.4 is 5.32 Å². The first kappa shape index (κ1) is 29.4. The highest BCUT2D eigenvalue weighted by Gasteiger charge is 2.30. The molecule has 0 saturated heterocycles. The molecule has 0 spiro atoms. The minimum absolute atomic E-state index is 0.143. The molecule has 0 aliphatic heterocycles. The molecule has 0 bridgehead atoms. The van der Waals surface area contributed by atoms with Gasteiger partial charge in [0.2, 0.25) is 11.8 Å². The summed E-state index contributed by atoms with van der Waals surface area (Å²) in [6, 6.07) is 21.8. The minimum Gasteiger partial charge on any atom is -0.354 e. The number of hydrogen-bond acceptors (Lipinski definition) is 3. The lowest BCUT2D eigenvalue weighted by Gasteiger charge is -2.32. The average Bonchev–Trinajstić information content (AvgIpc) is 2.87. The molecule has 0 saturated carbocycles. The summed E-state index contributed by atoms with van der Waals surface area (Å²) in [5.74, 6) is 0.699. The molecule has 0 unspecified atom stereocenters. The lowest BCUT2D eigenvalue weighted by Crippen LogP contribution is -2.51. The van der Waals surface area contributed by atoms with E-state index < -0.39 is 6.04 Å². The van der Waals surface area contributed by atoms with Crippen LogP contribution in [-0.2, 0) is 28.3 Å². The molecule has 3 aromatic rings. The van der Waals surface area contributed by atoms with Gasteiger partial charge in [0.1, 0.15) is 6.04 Å². The number of hydrogen-bond donors (Lipinski definition) is 1. The molecule has 0 aliphatic rings. The molecule has 4 nitrogen and oxygen atoms in total. The number of carbonyl (C=O) groups excluding carboxylic acids is 2. The van der Waals surface area contributed by atoms with Gasteiger partial charge >= 0.3 is 0 Å². The van der Waals surface area contributed by atoms with Gasteiger partial charge in [0.15, 0.2) is 0 Å². The molecule has 8 heteroatoms. The molecule has 37 heavy (non-hydrogen) atoms. The Kier molecular flexibility index (Phi) is 11.7. The molecule has 0 aromatic heterocycles. The predicted molar refractivity (Wildman–Crippen MR) is 156 cm³/mol. The zero-order valence-corrected chi connectivity index (χ0v) is 24.0. The summed E-state index contributed by atoms with van der Waals surface area (Å²) in [4.78, 5) is 28.8. The maximum Gasteiger partial charge on any atom is 0.243 e. The Labute approximate surface area is 238 Å². The quantitative estimate of drug-likeness (QED) is 0.246. The van der Waals surface area contributed by atoms with E-state index in [0.717, 1.165) is 16.7 Å². The van der Waals surface area contributed by atoms with Crippen molar-refractivity contribution >= 4 is 58.4 Å². The topological polar surface area (TPSA) is 49.4 Å². The summed E-state index contributed by atoms with van der Waals surface area (Å²) in [6.45, 7) is 4.84. The number of halogens is 3. The van der Waals surface area contributed by atoms with Gasteiger partial charge < -0.3 is 10.2 Å². The highest BCUT2D eigenvalue weighted by molar-refractivity contribution is 7.99. The van der Waals surface area contributed by atoms with Crippen LogP contribution in [0.3, 0.4) is 0 Å². The summed E-state index contributed by atoms with van der Waals surface area (Å²) in [6.07, 6.45) is 0.397. The summed E-state index contributed by atoms with van der Waals surface area (Å²) in [5.41, 5.74) is 2.67. The molecular formula is C29H31Cl3N2O2S. The van der Waals surface area contributed by atoms with Gasteiger partial charge in [0.05, 0.1) is 5.75 Å². The Bertz CT molecular complexity index is 1190. The second-order valence-corrected chi connectivity index (χ2v) is 11.4. The summed E-state index contributed by atoms with van der Waals surface area (Å²) in [7, 11) is 0. The van der Waals surface area contributed by atoms with Gasteiger partial charge in [-0.25, -0.2) is 0 Å². The Morgan fingerprint density at radius 2 is 1.59 bits per heavy atom. The van der Waals surface area contributed by atoms with Crippen LogP contribution in [0.25, 0.3) is 0 Å². The van der Waals surface area contributed by atoms with E-state index >= 15 is 0 Å². The van der Waals surface area contributed by atoms with Crippen LogP contribution in [0.4, 0.5) is 0 Å². The van der Waals surface area contributed by atoms with Crippen LogP contribution in [0.1, 0.15) is 30.5 Å². The monoisotopic (exact) mass is 576 g/mol. The van der Waals surface area contributed by atoms with Crippen LogP contribution in [0.2, 0.25) is 15.1 Å². The van der Waals surface area contributed by atoms with E-state index in [1.807, 2.05) is 68.4 Å². The number of benzene rings is 3. The third kappa shape index (κ3) is 9.26. The van der Waals surface area contributed by atoms with E-state index in [1.165, 1.54) is 11.8 Å². The average molecular weight is 578 g/mol. The highest BCUT2D eigenvalue weighted by Crippen LogP contribution is 2.26. The third-order valence-corrected chi connectivity index (χ3v) is 7.67. The standard InChI is InChI=1S/C29H31Cl3N2O2S/c1-20(2)16-33-29(36)27(14-21-8-4-3-5-9-21)34(17-22-10-6-7-11-25(22)31)28(35)19-37-18-23-12-13-24(30)15-26(23)32/h3-13,15,20,27H,14,16-19H2,1-2H3,(H,33,36)/t27-/m1/s1. The van der Waals surface area contributed by atoms with Gasteiger partial charge in [-0.15, -0.1) is 11.8 Å². The van der Waals surface area contributed by atoms with E-state index in [2.05, 4.69) is 5.32 Å². The van der Waals surface area contributed by atoms with E-state index in [4.69, 9.17) is 34.8 Å². The van der Waals surface area contributed by atoms with E-state index in [0.29, 0.717) is 33.8 Å². The van der Waals surface area contributed by atoms with Crippen molar-refractivity contribution in [3.05, 3.63) is 105 Å². The summed E-state index contributed by atoms with van der Waals surface area (Å²) >= 11 is 20.2. The van der Waals surface area contributed by atoms with E-state index in [1.54, 1.807) is 23.1 Å². The van der Waals surface area contributed by atoms with Crippen molar-refractivity contribution in [1.29, 1.82) is 0 Å². The van der Waals surface area contributed by atoms with Gasteiger partial charge in [0.25, 0.3) is 0 Å². The van der Waals surface area contributed by atoms with Crippen LogP contribution in [0.5, 0.6) is 0 Å². The molecule has 3 rings (SSSR count). The van der Waals surface area contributed by atoms with Crippen molar-refractivity contribution in [2.24, 2.45) is 5.92 Å². The van der Waals surface area contributed by atoms with Crippen molar-refractivity contribution in [3.63, 3.8) is 0 Å². The fourth-order valence-corrected chi connectivity index (χ4v) is 5.42. The first-order chi connectivity index (χ1) is 17.7. The van der Waals surface area contributed by atoms with Gasteiger partial charge in [0, 0.05) is 40.3 Å². The maximum absolute atomic E-state index is 13.7. The summed E-state index contributed by atoms with van der Waals surface area (Å²) in [5, 5.41) is 4.72. The molecule has 2 amide bonds. The fourth-order valence-electron chi connectivity index (χ4n) is 3.76. The van der Waals surface area contributed by atoms with Gasteiger partial charge in [-0.1, -0.05) is 103 Å². The molecule has 196 valence electrons. The Morgan fingerprint density at radius 3 is 2.27 bits per heavy atom. The Hall–Kier alpha value is -2.18. The number of rotatable bonds is 12.